The van der Waals surface area contributed by atoms with E-state index in [2.05, 4.69) is 14.8 Å². The first-order valence-corrected chi connectivity index (χ1v) is 6.08. The Bertz CT molecular complexity index is 358. The van der Waals surface area contributed by atoms with Crippen molar-refractivity contribution < 1.29 is 5.11 Å². The van der Waals surface area contributed by atoms with Crippen molar-refractivity contribution in [2.45, 2.75) is 6.42 Å². The molecular formula is C12H20N4O. The monoisotopic (exact) mass is 236 g/mol. The number of rotatable bonds is 3. The van der Waals surface area contributed by atoms with Crippen LogP contribution >= 0.6 is 0 Å². The minimum Gasteiger partial charge on any atom is -0.397 e. The Morgan fingerprint density at radius 2 is 2.12 bits per heavy atom. The first-order valence-electron chi connectivity index (χ1n) is 6.08. The first kappa shape index (κ1) is 12.1. The zero-order valence-corrected chi connectivity index (χ0v) is 10.0. The van der Waals surface area contributed by atoms with Gasteiger partial charge in [0, 0.05) is 32.4 Å². The zero-order valence-electron chi connectivity index (χ0n) is 10.0. The van der Waals surface area contributed by atoms with Gasteiger partial charge in [-0.15, -0.1) is 0 Å². The van der Waals surface area contributed by atoms with E-state index in [1.54, 1.807) is 6.20 Å². The van der Waals surface area contributed by atoms with Gasteiger partial charge in [0.15, 0.2) is 0 Å². The van der Waals surface area contributed by atoms with Gasteiger partial charge in [0.2, 0.25) is 0 Å². The van der Waals surface area contributed by atoms with Crippen LogP contribution < -0.4 is 10.6 Å². The topological polar surface area (TPSA) is 65.6 Å². The molecule has 1 fully saturated rings. The normalized spacial score (nSPS) is 18.1. The summed E-state index contributed by atoms with van der Waals surface area (Å²) < 4.78 is 0. The molecule has 2 rings (SSSR count). The standard InChI is InChI=1S/C12H20N4O/c13-11-8-12(10-14-9-11)16-3-1-2-15(4-5-16)6-7-17/h8-10,17H,1-7,13H2. The molecule has 0 unspecified atom stereocenters. The predicted molar refractivity (Wildman–Crippen MR) is 69.0 cm³/mol. The summed E-state index contributed by atoms with van der Waals surface area (Å²) in [5.41, 5.74) is 7.55. The van der Waals surface area contributed by atoms with Gasteiger partial charge in [-0.2, -0.15) is 0 Å². The third kappa shape index (κ3) is 3.31. The molecule has 0 amide bonds. The van der Waals surface area contributed by atoms with E-state index in [-0.39, 0.29) is 6.61 Å². The van der Waals surface area contributed by atoms with E-state index < -0.39 is 0 Å². The number of anilines is 2. The molecule has 94 valence electrons. The molecule has 17 heavy (non-hydrogen) atoms. The highest BCUT2D eigenvalue weighted by Crippen LogP contribution is 2.17. The SMILES string of the molecule is Nc1cncc(N2CCCN(CCO)CC2)c1. The van der Waals surface area contributed by atoms with Gasteiger partial charge in [-0.25, -0.2) is 0 Å². The van der Waals surface area contributed by atoms with E-state index in [0.717, 1.165) is 44.8 Å². The predicted octanol–water partition coefficient (Wildman–Crippen LogP) is 0.168. The fraction of sp³-hybridized carbons (Fsp3) is 0.583. The molecule has 1 saturated heterocycles. The third-order valence-electron chi connectivity index (χ3n) is 3.11. The van der Waals surface area contributed by atoms with Crippen molar-refractivity contribution in [3.8, 4) is 0 Å². The lowest BCUT2D eigenvalue weighted by molar-refractivity contribution is 0.204. The Hall–Kier alpha value is -1.33. The second-order valence-electron chi connectivity index (χ2n) is 4.38. The summed E-state index contributed by atoms with van der Waals surface area (Å²) >= 11 is 0. The van der Waals surface area contributed by atoms with Crippen molar-refractivity contribution in [3.05, 3.63) is 18.5 Å². The van der Waals surface area contributed by atoms with Crippen LogP contribution in [0.3, 0.4) is 0 Å². The molecule has 1 aromatic rings. The molecule has 0 aromatic carbocycles. The van der Waals surface area contributed by atoms with Crippen molar-refractivity contribution >= 4 is 11.4 Å². The van der Waals surface area contributed by atoms with Crippen LogP contribution in [0.2, 0.25) is 0 Å². The minimum atomic E-state index is 0.236. The molecule has 0 aliphatic carbocycles. The summed E-state index contributed by atoms with van der Waals surface area (Å²) in [6.07, 6.45) is 4.63. The van der Waals surface area contributed by atoms with Gasteiger partial charge in [-0.05, 0) is 19.0 Å². The molecule has 5 nitrogen and oxygen atoms in total. The van der Waals surface area contributed by atoms with Gasteiger partial charge in [-0.1, -0.05) is 0 Å². The molecule has 3 N–H and O–H groups in total. The van der Waals surface area contributed by atoms with Gasteiger partial charge in [0.05, 0.1) is 24.2 Å². The van der Waals surface area contributed by atoms with Crippen molar-refractivity contribution in [3.63, 3.8) is 0 Å². The summed E-state index contributed by atoms with van der Waals surface area (Å²) in [7, 11) is 0. The van der Waals surface area contributed by atoms with Crippen LogP contribution in [0.4, 0.5) is 11.4 Å². The Labute approximate surface area is 102 Å². The fourth-order valence-electron chi connectivity index (χ4n) is 2.21. The molecule has 1 aliphatic heterocycles. The van der Waals surface area contributed by atoms with Crippen LogP contribution in [0.5, 0.6) is 0 Å². The van der Waals surface area contributed by atoms with Crippen LogP contribution in [-0.4, -0.2) is 54.3 Å². The Balaban J connectivity index is 1.99. The number of hydrogen-bond acceptors (Lipinski definition) is 5. The number of pyridine rings is 1. The average molecular weight is 236 g/mol. The Morgan fingerprint density at radius 3 is 2.88 bits per heavy atom. The summed E-state index contributed by atoms with van der Waals surface area (Å²) in [6, 6.07) is 1.97. The lowest BCUT2D eigenvalue weighted by Gasteiger charge is -2.23. The maximum absolute atomic E-state index is 8.95. The van der Waals surface area contributed by atoms with Crippen molar-refractivity contribution in [1.82, 2.24) is 9.88 Å². The summed E-state index contributed by atoms with van der Waals surface area (Å²) in [5.74, 6) is 0. The maximum atomic E-state index is 8.95. The highest BCUT2D eigenvalue weighted by atomic mass is 16.3. The first-order chi connectivity index (χ1) is 8.29. The lowest BCUT2D eigenvalue weighted by Crippen LogP contribution is -2.32. The van der Waals surface area contributed by atoms with Gasteiger partial charge in [0.1, 0.15) is 0 Å². The maximum Gasteiger partial charge on any atom is 0.0573 e. The van der Waals surface area contributed by atoms with Crippen LogP contribution in [0.25, 0.3) is 0 Å². The Kier molecular flexibility index (Phi) is 4.17. The minimum absolute atomic E-state index is 0.236. The van der Waals surface area contributed by atoms with E-state index >= 15 is 0 Å². The van der Waals surface area contributed by atoms with Gasteiger partial charge in [-0.3, -0.25) is 9.88 Å². The summed E-state index contributed by atoms with van der Waals surface area (Å²) in [5, 5.41) is 8.95. The average Bonchev–Trinajstić information content (AvgIpc) is 2.55. The Morgan fingerprint density at radius 1 is 1.24 bits per heavy atom. The van der Waals surface area contributed by atoms with Gasteiger partial charge in [0.25, 0.3) is 0 Å². The number of nitrogens with zero attached hydrogens (tertiary/aromatic N) is 3. The smallest absolute Gasteiger partial charge is 0.0573 e. The van der Waals surface area contributed by atoms with E-state index in [1.807, 2.05) is 12.3 Å². The third-order valence-corrected chi connectivity index (χ3v) is 3.11. The van der Waals surface area contributed by atoms with Crippen molar-refractivity contribution in [2.75, 3.05) is 50.0 Å². The molecule has 0 radical (unpaired) electrons. The van der Waals surface area contributed by atoms with Gasteiger partial charge < -0.3 is 15.7 Å². The highest BCUT2D eigenvalue weighted by molar-refractivity contribution is 5.53. The molecule has 0 spiro atoms. The van der Waals surface area contributed by atoms with Crippen LogP contribution in [0.1, 0.15) is 6.42 Å². The van der Waals surface area contributed by atoms with Crippen molar-refractivity contribution in [1.29, 1.82) is 0 Å². The second-order valence-corrected chi connectivity index (χ2v) is 4.38. The molecule has 1 aromatic heterocycles. The van der Waals surface area contributed by atoms with Crippen LogP contribution in [0, 0.1) is 0 Å². The number of aliphatic hydroxyl groups is 1. The van der Waals surface area contributed by atoms with Gasteiger partial charge >= 0.3 is 0 Å². The molecule has 1 aliphatic rings. The second kappa shape index (κ2) is 5.84. The number of β-amino-alcohol motifs (C(OH)–C–C–N with tert-alkyl or cyclic N) is 1. The van der Waals surface area contributed by atoms with Crippen LogP contribution in [-0.2, 0) is 0 Å². The lowest BCUT2D eigenvalue weighted by atomic mass is 10.3. The molecule has 2 heterocycles. The summed E-state index contributed by atoms with van der Waals surface area (Å²) in [4.78, 5) is 8.72. The van der Waals surface area contributed by atoms with E-state index in [9.17, 15) is 0 Å². The molecular weight excluding hydrogens is 216 g/mol. The fourth-order valence-corrected chi connectivity index (χ4v) is 2.21. The van der Waals surface area contributed by atoms with Crippen molar-refractivity contribution in [2.24, 2.45) is 0 Å². The molecule has 0 bridgehead atoms. The van der Waals surface area contributed by atoms with Crippen LogP contribution in [0.15, 0.2) is 18.5 Å². The number of aliphatic hydroxyl groups excluding tert-OH is 1. The quantitative estimate of drug-likeness (QED) is 0.783. The number of nitrogen functional groups attached to an aromatic ring is 1. The van der Waals surface area contributed by atoms with E-state index in [0.29, 0.717) is 5.69 Å². The molecule has 5 heteroatoms. The highest BCUT2D eigenvalue weighted by Gasteiger charge is 2.14. The number of aromatic nitrogens is 1. The zero-order chi connectivity index (χ0) is 12.1. The molecule has 0 saturated carbocycles. The van der Waals surface area contributed by atoms with E-state index in [1.165, 1.54) is 0 Å². The summed E-state index contributed by atoms with van der Waals surface area (Å²) in [6.45, 7) is 5.02. The number of nitrogens with two attached hydrogens (primary N) is 1. The molecule has 0 atom stereocenters. The largest absolute Gasteiger partial charge is 0.397 e. The van der Waals surface area contributed by atoms with E-state index in [4.69, 9.17) is 10.8 Å². The number of hydrogen-bond donors (Lipinski definition) is 2.